The first-order chi connectivity index (χ1) is 9.30. The Bertz CT molecular complexity index is 569. The molecule has 0 saturated heterocycles. The Morgan fingerprint density at radius 1 is 1.32 bits per heavy atom. The highest BCUT2D eigenvalue weighted by Crippen LogP contribution is 2.23. The van der Waals surface area contributed by atoms with E-state index in [1.165, 1.54) is 0 Å². The number of aromatic nitrogens is 1. The second-order valence-electron chi connectivity index (χ2n) is 3.28. The number of hydrogen-bond acceptors (Lipinski definition) is 6. The highest BCUT2D eigenvalue weighted by molar-refractivity contribution is 6.02. The Hall–Kier alpha value is -2.38. The van der Waals surface area contributed by atoms with Crippen molar-refractivity contribution in [2.45, 2.75) is 13.8 Å². The van der Waals surface area contributed by atoms with Crippen molar-refractivity contribution >= 4 is 16.7 Å². The van der Waals surface area contributed by atoms with Crippen LogP contribution in [0.25, 0.3) is 10.9 Å². The molecule has 19 heavy (non-hydrogen) atoms. The lowest BCUT2D eigenvalue weighted by Gasteiger charge is -2.07. The van der Waals surface area contributed by atoms with Gasteiger partial charge in [0.15, 0.2) is 11.6 Å². The number of pyridine rings is 1. The molecule has 102 valence electrons. The SMILES string of the molecule is CC.N/N=C(\NN)c1ccc2nccc(ON)c2c1. The molecule has 7 N–H and O–H groups in total. The Morgan fingerprint density at radius 2 is 2.05 bits per heavy atom. The van der Waals surface area contributed by atoms with Crippen LogP contribution in [0, 0.1) is 0 Å². The Morgan fingerprint density at radius 3 is 2.63 bits per heavy atom. The van der Waals surface area contributed by atoms with E-state index in [2.05, 4.69) is 15.5 Å². The third-order valence-corrected chi connectivity index (χ3v) is 2.37. The van der Waals surface area contributed by atoms with Gasteiger partial charge < -0.3 is 16.1 Å². The van der Waals surface area contributed by atoms with E-state index in [9.17, 15) is 0 Å². The van der Waals surface area contributed by atoms with Crippen LogP contribution in [0.3, 0.4) is 0 Å². The maximum atomic E-state index is 5.30. The van der Waals surface area contributed by atoms with Crippen molar-refractivity contribution < 1.29 is 4.84 Å². The van der Waals surface area contributed by atoms with Crippen molar-refractivity contribution in [1.29, 1.82) is 0 Å². The molecule has 1 aromatic carbocycles. The topological polar surface area (TPSA) is 125 Å². The van der Waals surface area contributed by atoms with Crippen LogP contribution in [-0.2, 0) is 0 Å². The van der Waals surface area contributed by atoms with Gasteiger partial charge in [-0.2, -0.15) is 11.0 Å². The molecule has 2 rings (SSSR count). The molecular formula is C12H18N6O. The molecule has 0 fully saturated rings. The van der Waals surface area contributed by atoms with Gasteiger partial charge in [-0.15, -0.1) is 0 Å². The zero-order valence-corrected chi connectivity index (χ0v) is 10.9. The predicted molar refractivity (Wildman–Crippen MR) is 76.0 cm³/mol. The average Bonchev–Trinajstić information content (AvgIpc) is 2.50. The molecule has 0 aliphatic heterocycles. The summed E-state index contributed by atoms with van der Waals surface area (Å²) in [6, 6.07) is 7.05. The highest BCUT2D eigenvalue weighted by Gasteiger charge is 2.07. The van der Waals surface area contributed by atoms with Crippen LogP contribution in [0.5, 0.6) is 5.75 Å². The molecule has 0 amide bonds. The van der Waals surface area contributed by atoms with E-state index in [1.807, 2.05) is 13.8 Å². The Balaban J connectivity index is 0.000000861. The van der Waals surface area contributed by atoms with Crippen LogP contribution < -0.4 is 27.8 Å². The van der Waals surface area contributed by atoms with Crippen molar-refractivity contribution in [3.63, 3.8) is 0 Å². The summed E-state index contributed by atoms with van der Waals surface area (Å²) in [7, 11) is 0. The molecule has 0 saturated carbocycles. The molecule has 0 aliphatic rings. The first-order valence-electron chi connectivity index (χ1n) is 5.80. The minimum absolute atomic E-state index is 0.360. The molecular weight excluding hydrogens is 244 g/mol. The van der Waals surface area contributed by atoms with E-state index >= 15 is 0 Å². The average molecular weight is 262 g/mol. The summed E-state index contributed by atoms with van der Waals surface area (Å²) < 4.78 is 0. The summed E-state index contributed by atoms with van der Waals surface area (Å²) in [5.74, 6) is 16.6. The fraction of sp³-hybridized carbons (Fsp3) is 0.167. The number of hydrazone groups is 1. The van der Waals surface area contributed by atoms with Crippen molar-refractivity contribution in [3.8, 4) is 5.75 Å². The zero-order valence-electron chi connectivity index (χ0n) is 10.9. The van der Waals surface area contributed by atoms with E-state index in [0.717, 1.165) is 10.9 Å². The molecule has 0 unspecified atom stereocenters. The van der Waals surface area contributed by atoms with Crippen LogP contribution in [-0.4, -0.2) is 10.8 Å². The normalized spacial score (nSPS) is 10.6. The van der Waals surface area contributed by atoms with Gasteiger partial charge in [-0.3, -0.25) is 4.98 Å². The molecule has 2 aromatic rings. The number of hydrazine groups is 1. The number of nitrogens with one attached hydrogen (secondary N) is 1. The smallest absolute Gasteiger partial charge is 0.166 e. The summed E-state index contributed by atoms with van der Waals surface area (Å²) in [6.45, 7) is 4.00. The molecule has 0 spiro atoms. The maximum absolute atomic E-state index is 5.30. The van der Waals surface area contributed by atoms with Gasteiger partial charge in [0.05, 0.1) is 5.52 Å². The van der Waals surface area contributed by atoms with Gasteiger partial charge in [0.1, 0.15) is 0 Å². The Labute approximate surface area is 111 Å². The summed E-state index contributed by atoms with van der Waals surface area (Å²) in [4.78, 5) is 8.95. The summed E-state index contributed by atoms with van der Waals surface area (Å²) >= 11 is 0. The first kappa shape index (κ1) is 14.7. The van der Waals surface area contributed by atoms with E-state index in [1.54, 1.807) is 30.5 Å². The first-order valence-corrected chi connectivity index (χ1v) is 5.80. The van der Waals surface area contributed by atoms with Gasteiger partial charge in [-0.25, -0.2) is 5.84 Å². The fourth-order valence-electron chi connectivity index (χ4n) is 1.57. The van der Waals surface area contributed by atoms with E-state index in [4.69, 9.17) is 22.4 Å². The van der Waals surface area contributed by atoms with Gasteiger partial charge in [0.2, 0.25) is 0 Å². The largest absolute Gasteiger partial charge is 0.411 e. The monoisotopic (exact) mass is 262 g/mol. The minimum Gasteiger partial charge on any atom is -0.411 e. The molecule has 0 atom stereocenters. The molecule has 1 aromatic heterocycles. The highest BCUT2D eigenvalue weighted by atomic mass is 16.6. The number of amidine groups is 1. The summed E-state index contributed by atoms with van der Waals surface area (Å²) in [6.07, 6.45) is 1.61. The van der Waals surface area contributed by atoms with E-state index in [-0.39, 0.29) is 0 Å². The lowest BCUT2D eigenvalue weighted by atomic mass is 10.1. The standard InChI is InChI=1S/C10H12N6O.C2H6/c11-15-10(16-12)6-1-2-8-7(5-6)9(17-13)3-4-14-8;1-2/h1-5H,11-13H2,(H,15,16);1-2H3. The minimum atomic E-state index is 0.360. The second kappa shape index (κ2) is 7.14. The number of benzene rings is 1. The lowest BCUT2D eigenvalue weighted by molar-refractivity contribution is 0.338. The van der Waals surface area contributed by atoms with Crippen LogP contribution in [0.4, 0.5) is 0 Å². The number of rotatable bonds is 2. The molecule has 7 nitrogen and oxygen atoms in total. The summed E-state index contributed by atoms with van der Waals surface area (Å²) in [5.41, 5.74) is 3.87. The van der Waals surface area contributed by atoms with Crippen LogP contribution >= 0.6 is 0 Å². The third-order valence-electron chi connectivity index (χ3n) is 2.37. The van der Waals surface area contributed by atoms with Crippen molar-refractivity contribution in [1.82, 2.24) is 10.4 Å². The maximum Gasteiger partial charge on any atom is 0.166 e. The van der Waals surface area contributed by atoms with Crippen molar-refractivity contribution in [3.05, 3.63) is 36.0 Å². The number of fused-ring (bicyclic) bond motifs is 1. The Kier molecular flexibility index (Phi) is 5.52. The predicted octanol–water partition coefficient (Wildman–Crippen LogP) is 0.597. The lowest BCUT2D eigenvalue weighted by Crippen LogP contribution is -2.32. The van der Waals surface area contributed by atoms with Crippen molar-refractivity contribution in [2.24, 2.45) is 22.7 Å². The molecule has 7 heteroatoms. The molecule has 0 bridgehead atoms. The third kappa shape index (κ3) is 3.09. The summed E-state index contributed by atoms with van der Waals surface area (Å²) in [5, 5.41) is 4.28. The molecule has 0 radical (unpaired) electrons. The number of nitrogens with zero attached hydrogens (tertiary/aromatic N) is 2. The van der Waals surface area contributed by atoms with Gasteiger partial charge >= 0.3 is 0 Å². The van der Waals surface area contributed by atoms with E-state index in [0.29, 0.717) is 17.1 Å². The van der Waals surface area contributed by atoms with E-state index < -0.39 is 0 Å². The number of nitrogens with two attached hydrogens (primary N) is 3. The van der Waals surface area contributed by atoms with Gasteiger partial charge in [-0.05, 0) is 18.2 Å². The fourth-order valence-corrected chi connectivity index (χ4v) is 1.57. The van der Waals surface area contributed by atoms with Crippen molar-refractivity contribution in [2.75, 3.05) is 0 Å². The number of hydrogen-bond donors (Lipinski definition) is 4. The van der Waals surface area contributed by atoms with Crippen LogP contribution in [0.2, 0.25) is 0 Å². The zero-order chi connectivity index (χ0) is 14.3. The van der Waals surface area contributed by atoms with Crippen LogP contribution in [0.15, 0.2) is 35.6 Å². The van der Waals surface area contributed by atoms with Gasteiger partial charge in [0, 0.05) is 23.2 Å². The molecule has 1 heterocycles. The quantitative estimate of drug-likeness (QED) is 0.272. The van der Waals surface area contributed by atoms with Crippen LogP contribution in [0.1, 0.15) is 19.4 Å². The van der Waals surface area contributed by atoms with Gasteiger partial charge in [0.25, 0.3) is 0 Å². The van der Waals surface area contributed by atoms with Gasteiger partial charge in [-0.1, -0.05) is 13.8 Å². The second-order valence-corrected chi connectivity index (χ2v) is 3.28. The molecule has 0 aliphatic carbocycles.